The Morgan fingerprint density at radius 3 is 2.11 bits per heavy atom. The molecule has 4 rings (SSSR count). The number of nitrogens with one attached hydrogen (secondary N) is 1. The number of amides is 1. The molecule has 1 unspecified atom stereocenters. The molecule has 36 heavy (non-hydrogen) atoms. The van der Waals surface area contributed by atoms with Crippen molar-refractivity contribution in [2.75, 3.05) is 0 Å². The number of esters is 1. The standard InChI is InChI=1S/C29H29N3O4/c1-21(29(35)32(19-22-11-4-2-5-12-22)20-23-13-6-3-7-14-23)36-27(33)18-10-17-26-30-25-16-9-8-15-24(25)28(34)31-26/h2-9,11-16,21H,10,17-20H2,1H3,(H,30,31,34). The summed E-state index contributed by atoms with van der Waals surface area (Å²) < 4.78 is 5.48. The second-order valence-electron chi connectivity index (χ2n) is 8.68. The largest absolute Gasteiger partial charge is 0.453 e. The Kier molecular flexibility index (Phi) is 8.24. The molecule has 1 N–H and O–H groups in total. The van der Waals surface area contributed by atoms with E-state index >= 15 is 0 Å². The molecule has 3 aromatic carbocycles. The topological polar surface area (TPSA) is 92.4 Å². The summed E-state index contributed by atoms with van der Waals surface area (Å²) in [5, 5.41) is 0.531. The zero-order valence-electron chi connectivity index (χ0n) is 20.2. The third kappa shape index (κ3) is 6.66. The average Bonchev–Trinajstić information content (AvgIpc) is 2.89. The summed E-state index contributed by atoms with van der Waals surface area (Å²) in [6.45, 7) is 2.43. The fourth-order valence-corrected chi connectivity index (χ4v) is 4.04. The molecule has 0 aliphatic heterocycles. The van der Waals surface area contributed by atoms with Crippen molar-refractivity contribution < 1.29 is 14.3 Å². The fraction of sp³-hybridized carbons (Fsp3) is 0.241. The van der Waals surface area contributed by atoms with Gasteiger partial charge in [-0.2, -0.15) is 0 Å². The number of carbonyl (C=O) groups is 2. The molecule has 0 bridgehead atoms. The molecule has 0 saturated heterocycles. The highest BCUT2D eigenvalue weighted by atomic mass is 16.5. The number of benzene rings is 3. The smallest absolute Gasteiger partial charge is 0.306 e. The van der Waals surface area contributed by atoms with Crippen molar-refractivity contribution >= 4 is 22.8 Å². The number of aromatic nitrogens is 2. The van der Waals surface area contributed by atoms with Gasteiger partial charge in [0.2, 0.25) is 0 Å². The van der Waals surface area contributed by atoms with E-state index in [2.05, 4.69) is 9.97 Å². The van der Waals surface area contributed by atoms with E-state index in [1.165, 1.54) is 0 Å². The Morgan fingerprint density at radius 2 is 1.47 bits per heavy atom. The van der Waals surface area contributed by atoms with Gasteiger partial charge in [-0.25, -0.2) is 4.98 Å². The Labute approximate surface area is 209 Å². The van der Waals surface area contributed by atoms with Crippen molar-refractivity contribution in [3.63, 3.8) is 0 Å². The van der Waals surface area contributed by atoms with Crippen LogP contribution in [0.1, 0.15) is 36.7 Å². The number of carbonyl (C=O) groups excluding carboxylic acids is 2. The number of rotatable bonds is 10. The minimum atomic E-state index is -0.913. The minimum Gasteiger partial charge on any atom is -0.453 e. The second-order valence-corrected chi connectivity index (χ2v) is 8.68. The van der Waals surface area contributed by atoms with Crippen molar-refractivity contribution in [3.8, 4) is 0 Å². The number of para-hydroxylation sites is 1. The molecule has 184 valence electrons. The number of aromatic amines is 1. The molecule has 0 aliphatic rings. The summed E-state index contributed by atoms with van der Waals surface area (Å²) in [4.78, 5) is 46.9. The van der Waals surface area contributed by atoms with E-state index in [9.17, 15) is 14.4 Å². The summed E-state index contributed by atoms with van der Waals surface area (Å²) in [6, 6.07) is 26.6. The number of aryl methyl sites for hydroxylation is 1. The minimum absolute atomic E-state index is 0.117. The predicted molar refractivity (Wildman–Crippen MR) is 138 cm³/mol. The highest BCUT2D eigenvalue weighted by molar-refractivity contribution is 5.83. The van der Waals surface area contributed by atoms with Crippen LogP contribution in [0.15, 0.2) is 89.7 Å². The van der Waals surface area contributed by atoms with Crippen molar-refractivity contribution in [2.24, 2.45) is 0 Å². The first-order valence-electron chi connectivity index (χ1n) is 12.0. The summed E-state index contributed by atoms with van der Waals surface area (Å²) in [7, 11) is 0. The van der Waals surface area contributed by atoms with Gasteiger partial charge in [0.05, 0.1) is 10.9 Å². The number of H-pyrrole nitrogens is 1. The van der Waals surface area contributed by atoms with Crippen LogP contribution in [0, 0.1) is 0 Å². The van der Waals surface area contributed by atoms with Gasteiger partial charge >= 0.3 is 5.97 Å². The van der Waals surface area contributed by atoms with E-state index in [0.717, 1.165) is 11.1 Å². The van der Waals surface area contributed by atoms with Crippen LogP contribution in [0.25, 0.3) is 10.9 Å². The maximum atomic E-state index is 13.2. The quantitative estimate of drug-likeness (QED) is 0.338. The Hall–Kier alpha value is -4.26. The lowest BCUT2D eigenvalue weighted by molar-refractivity contribution is -0.159. The molecular formula is C29H29N3O4. The van der Waals surface area contributed by atoms with Crippen LogP contribution in [-0.2, 0) is 33.8 Å². The number of nitrogens with zero attached hydrogens (tertiary/aromatic N) is 2. The highest BCUT2D eigenvalue weighted by Gasteiger charge is 2.24. The second kappa shape index (κ2) is 11.9. The van der Waals surface area contributed by atoms with E-state index in [4.69, 9.17) is 4.74 Å². The summed E-state index contributed by atoms with van der Waals surface area (Å²) in [5.74, 6) is -0.192. The molecule has 1 heterocycles. The molecule has 0 aliphatic carbocycles. The molecule has 1 amide bonds. The van der Waals surface area contributed by atoms with E-state index in [1.54, 1.807) is 30.0 Å². The summed E-state index contributed by atoms with van der Waals surface area (Å²) in [5.41, 5.74) is 2.42. The maximum absolute atomic E-state index is 13.2. The van der Waals surface area contributed by atoms with Gasteiger partial charge in [0.1, 0.15) is 5.82 Å². The molecular weight excluding hydrogens is 454 g/mol. The number of fused-ring (bicyclic) bond motifs is 1. The zero-order chi connectivity index (χ0) is 25.3. The zero-order valence-corrected chi connectivity index (χ0v) is 20.2. The van der Waals surface area contributed by atoms with Crippen LogP contribution in [0.4, 0.5) is 0 Å². The molecule has 0 spiro atoms. The third-order valence-electron chi connectivity index (χ3n) is 5.86. The van der Waals surface area contributed by atoms with Gasteiger partial charge < -0.3 is 14.6 Å². The van der Waals surface area contributed by atoms with Gasteiger partial charge in [-0.1, -0.05) is 72.8 Å². The molecule has 0 fully saturated rings. The van der Waals surface area contributed by atoms with Crippen LogP contribution in [-0.4, -0.2) is 32.8 Å². The number of hydrogen-bond donors (Lipinski definition) is 1. The van der Waals surface area contributed by atoms with Crippen molar-refractivity contribution in [3.05, 3.63) is 112 Å². The lowest BCUT2D eigenvalue weighted by Gasteiger charge is -2.26. The van der Waals surface area contributed by atoms with E-state index < -0.39 is 12.1 Å². The Bertz CT molecular complexity index is 1330. The molecule has 1 aromatic heterocycles. The number of hydrogen-bond acceptors (Lipinski definition) is 5. The van der Waals surface area contributed by atoms with Crippen LogP contribution in [0.5, 0.6) is 0 Å². The predicted octanol–water partition coefficient (Wildman–Crippen LogP) is 4.41. The van der Waals surface area contributed by atoms with Gasteiger partial charge in [0.25, 0.3) is 11.5 Å². The first-order chi connectivity index (χ1) is 17.5. The SMILES string of the molecule is CC(OC(=O)CCCc1nc2ccccc2c(=O)[nH]1)C(=O)N(Cc1ccccc1)Cc1ccccc1. The van der Waals surface area contributed by atoms with E-state index in [-0.39, 0.29) is 17.9 Å². The lowest BCUT2D eigenvalue weighted by atomic mass is 10.1. The summed E-state index contributed by atoms with van der Waals surface area (Å²) in [6.07, 6.45) is 0.0687. The molecule has 4 aromatic rings. The van der Waals surface area contributed by atoms with Crippen molar-refractivity contribution in [1.82, 2.24) is 14.9 Å². The summed E-state index contributed by atoms with van der Waals surface area (Å²) >= 11 is 0. The van der Waals surface area contributed by atoms with Gasteiger partial charge in [-0.3, -0.25) is 14.4 Å². The maximum Gasteiger partial charge on any atom is 0.306 e. The van der Waals surface area contributed by atoms with Crippen molar-refractivity contribution in [1.29, 1.82) is 0 Å². The van der Waals surface area contributed by atoms with Crippen LogP contribution >= 0.6 is 0 Å². The molecule has 7 nitrogen and oxygen atoms in total. The molecule has 0 saturated carbocycles. The van der Waals surface area contributed by atoms with Crippen LogP contribution < -0.4 is 5.56 Å². The van der Waals surface area contributed by atoms with Crippen molar-refractivity contribution in [2.45, 2.75) is 45.4 Å². The lowest BCUT2D eigenvalue weighted by Crippen LogP contribution is -2.39. The van der Waals surface area contributed by atoms with E-state index in [0.29, 0.717) is 42.7 Å². The van der Waals surface area contributed by atoms with Crippen LogP contribution in [0.3, 0.4) is 0 Å². The fourth-order valence-electron chi connectivity index (χ4n) is 4.04. The number of ether oxygens (including phenoxy) is 1. The average molecular weight is 484 g/mol. The van der Waals surface area contributed by atoms with Crippen LogP contribution in [0.2, 0.25) is 0 Å². The van der Waals surface area contributed by atoms with Gasteiger partial charge in [0, 0.05) is 25.9 Å². The van der Waals surface area contributed by atoms with Gasteiger partial charge in [-0.15, -0.1) is 0 Å². The highest BCUT2D eigenvalue weighted by Crippen LogP contribution is 2.14. The Balaban J connectivity index is 1.34. The molecule has 7 heteroatoms. The first-order valence-corrected chi connectivity index (χ1v) is 12.0. The molecule has 0 radical (unpaired) electrons. The normalized spacial score (nSPS) is 11.7. The van der Waals surface area contributed by atoms with E-state index in [1.807, 2.05) is 66.7 Å². The first kappa shape index (κ1) is 24.9. The monoisotopic (exact) mass is 483 g/mol. The molecule has 1 atom stereocenters. The van der Waals surface area contributed by atoms with Gasteiger partial charge in [0.15, 0.2) is 6.10 Å². The Morgan fingerprint density at radius 1 is 0.889 bits per heavy atom. The van der Waals surface area contributed by atoms with Gasteiger partial charge in [-0.05, 0) is 36.6 Å². The third-order valence-corrected chi connectivity index (χ3v) is 5.86.